The van der Waals surface area contributed by atoms with E-state index in [4.69, 9.17) is 0 Å². The van der Waals surface area contributed by atoms with Crippen LogP contribution in [0.3, 0.4) is 0 Å². The van der Waals surface area contributed by atoms with Crippen molar-refractivity contribution in [2.45, 2.75) is 0.338 Å². The molecule has 0 bridgehead atoms. The zero-order valence-corrected chi connectivity index (χ0v) is 13.4. The molecule has 0 spiro atoms. The Labute approximate surface area is 115 Å². The number of hydrogen-bond acceptors (Lipinski definition) is 0. The molecular weight excluding hydrogens is 545 g/mol. The highest BCUT2D eigenvalue weighted by Crippen LogP contribution is 2.46. The fourth-order valence-electron chi connectivity index (χ4n) is 0.691. The monoisotopic (exact) mass is 548 g/mol. The summed E-state index contributed by atoms with van der Waals surface area (Å²) in [7, 11) is 0. The molecule has 11 heavy (non-hydrogen) atoms. The largest absolute Gasteiger partial charge is 0.153 e. The minimum absolute atomic E-state index is 0.0281. The van der Waals surface area contributed by atoms with Gasteiger partial charge in [0, 0.05) is 9.13 Å². The van der Waals surface area contributed by atoms with Gasteiger partial charge >= 0.3 is 0 Å². The van der Waals surface area contributed by atoms with Crippen molar-refractivity contribution in [3.8, 4) is 0 Å². The molecule has 1 aromatic carbocycles. The number of rotatable bonds is 1. The van der Waals surface area contributed by atoms with Gasteiger partial charge in [-0.25, -0.2) is 0 Å². The van der Waals surface area contributed by atoms with Crippen molar-refractivity contribution in [1.29, 1.82) is 0 Å². The second-order valence-corrected chi connectivity index (χ2v) is 12.6. The maximum absolute atomic E-state index is 3.61. The van der Waals surface area contributed by atoms with Crippen LogP contribution in [0.25, 0.3) is 0 Å². The van der Waals surface area contributed by atoms with Gasteiger partial charge in [0.05, 0.1) is 0 Å². The molecule has 1 rings (SSSR count). The highest BCUT2D eigenvalue weighted by Gasteiger charge is 2.22. The summed E-state index contributed by atoms with van der Waals surface area (Å²) in [6.07, 6.45) is 0. The predicted molar refractivity (Wildman–Crippen MR) is 77.8 cm³/mol. The van der Waals surface area contributed by atoms with Crippen molar-refractivity contribution in [3.05, 3.63) is 33.4 Å². The molecule has 4 heteroatoms. The van der Waals surface area contributed by atoms with Crippen LogP contribution >= 0.6 is 83.7 Å². The van der Waals surface area contributed by atoms with Crippen molar-refractivity contribution in [2.75, 3.05) is 0 Å². The third kappa shape index (κ3) is 3.26. The molecule has 0 N–H and O–H groups in total. The normalized spacial score (nSPS) is 11.6. The second kappa shape index (κ2) is 4.41. The maximum atomic E-state index is 3.61. The molecule has 0 saturated carbocycles. The lowest BCUT2D eigenvalue weighted by Crippen LogP contribution is -1.99. The van der Waals surface area contributed by atoms with Gasteiger partial charge in [0.1, 0.15) is 0 Å². The highest BCUT2D eigenvalue weighted by molar-refractivity contribution is 14.2. The zero-order chi connectivity index (χ0) is 8.48. The predicted octanol–water partition coefficient (Wildman–Crippen LogP) is 4.67. The summed E-state index contributed by atoms with van der Waals surface area (Å²) in [6, 6.07) is 8.36. The average molecular weight is 549 g/mol. The van der Waals surface area contributed by atoms with E-state index in [1.54, 1.807) is 0 Å². The molecule has 0 radical (unpaired) electrons. The fraction of sp³-hybridized carbons (Fsp3) is 0.143. The SMILES string of the molecule is BrC(I)(I)c1ccccc1I. The van der Waals surface area contributed by atoms with Gasteiger partial charge in [-0.15, -0.1) is 0 Å². The molecule has 0 atom stereocenters. The van der Waals surface area contributed by atoms with E-state index in [-0.39, 0.29) is 0.338 Å². The van der Waals surface area contributed by atoms with Gasteiger partial charge < -0.3 is 0 Å². The van der Waals surface area contributed by atoms with Gasteiger partial charge in [0.25, 0.3) is 0 Å². The van der Waals surface area contributed by atoms with Gasteiger partial charge in [0.2, 0.25) is 0 Å². The molecule has 0 unspecified atom stereocenters. The van der Waals surface area contributed by atoms with Gasteiger partial charge in [-0.05, 0) is 73.8 Å². The Morgan fingerprint density at radius 1 is 1.18 bits per heavy atom. The Morgan fingerprint density at radius 3 is 2.09 bits per heavy atom. The summed E-state index contributed by atoms with van der Waals surface area (Å²) >= 11 is 10.7. The van der Waals surface area contributed by atoms with Gasteiger partial charge in [0.15, 0.2) is 0.338 Å². The molecule has 60 valence electrons. The van der Waals surface area contributed by atoms with E-state index in [1.165, 1.54) is 9.13 Å². The van der Waals surface area contributed by atoms with Crippen LogP contribution in [0.5, 0.6) is 0 Å². The van der Waals surface area contributed by atoms with Crippen LogP contribution in [-0.2, 0) is 0.338 Å². The molecule has 0 aliphatic rings. The first-order chi connectivity index (χ1) is 5.02. The van der Waals surface area contributed by atoms with Crippen molar-refractivity contribution in [1.82, 2.24) is 0 Å². The van der Waals surface area contributed by atoms with Gasteiger partial charge in [-0.2, -0.15) is 0 Å². The first kappa shape index (κ1) is 11.0. The molecule has 0 aliphatic heterocycles. The Balaban J connectivity index is 3.14. The van der Waals surface area contributed by atoms with Gasteiger partial charge in [-0.3, -0.25) is 0 Å². The molecule has 0 aromatic heterocycles. The molecule has 0 amide bonds. The zero-order valence-electron chi connectivity index (χ0n) is 5.32. The molecule has 0 nitrogen and oxygen atoms in total. The standard InChI is InChI=1S/C7H4BrI3/c8-7(10,11)5-3-1-2-4-6(5)9/h1-4H. The molecular formula is C7H4BrI3. The Kier molecular flexibility index (Phi) is 4.39. The van der Waals surface area contributed by atoms with Crippen LogP contribution in [-0.4, -0.2) is 0 Å². The summed E-state index contributed by atoms with van der Waals surface area (Å²) in [5, 5.41) is 0. The van der Waals surface area contributed by atoms with E-state index in [1.807, 2.05) is 0 Å². The lowest BCUT2D eigenvalue weighted by molar-refractivity contribution is 1.37. The highest BCUT2D eigenvalue weighted by atomic mass is 127. The molecule has 0 aliphatic carbocycles. The van der Waals surface area contributed by atoms with E-state index < -0.39 is 0 Å². The Hall–Kier alpha value is 1.89. The lowest BCUT2D eigenvalue weighted by atomic mass is 10.2. The maximum Gasteiger partial charge on any atom is 0.153 e. The summed E-state index contributed by atoms with van der Waals surface area (Å²) in [5.41, 5.74) is 1.32. The number of hydrogen-bond donors (Lipinski definition) is 0. The molecule has 0 saturated heterocycles. The Morgan fingerprint density at radius 2 is 1.73 bits per heavy atom. The smallest absolute Gasteiger partial charge is 0.0618 e. The van der Waals surface area contributed by atoms with Crippen molar-refractivity contribution >= 4 is 83.7 Å². The minimum Gasteiger partial charge on any atom is -0.0618 e. The first-order valence-corrected chi connectivity index (χ1v) is 6.86. The third-order valence-electron chi connectivity index (χ3n) is 1.18. The van der Waals surface area contributed by atoms with Crippen molar-refractivity contribution in [2.24, 2.45) is 0 Å². The topological polar surface area (TPSA) is 0 Å². The summed E-state index contributed by atoms with van der Waals surface area (Å²) in [5.74, 6) is 0. The van der Waals surface area contributed by atoms with E-state index >= 15 is 0 Å². The lowest BCUT2D eigenvalue weighted by Gasteiger charge is -2.13. The Bertz CT molecular complexity index is 254. The van der Waals surface area contributed by atoms with E-state index in [2.05, 4.69) is 108 Å². The molecule has 0 heterocycles. The van der Waals surface area contributed by atoms with Crippen LogP contribution in [0, 0.1) is 3.57 Å². The summed E-state index contributed by atoms with van der Waals surface area (Å²) in [4.78, 5) is 0. The minimum atomic E-state index is 0.0281. The van der Waals surface area contributed by atoms with Crippen molar-refractivity contribution < 1.29 is 0 Å². The van der Waals surface area contributed by atoms with E-state index in [0.717, 1.165) is 0 Å². The number of benzene rings is 1. The summed E-state index contributed by atoms with van der Waals surface area (Å²) < 4.78 is 1.33. The number of halogens is 4. The first-order valence-electron chi connectivity index (χ1n) is 2.83. The van der Waals surface area contributed by atoms with Crippen LogP contribution in [0.4, 0.5) is 0 Å². The third-order valence-corrected chi connectivity index (χ3v) is 3.71. The molecule has 0 fully saturated rings. The fourth-order valence-corrected chi connectivity index (χ4v) is 4.17. The van der Waals surface area contributed by atoms with Crippen molar-refractivity contribution in [3.63, 3.8) is 0 Å². The van der Waals surface area contributed by atoms with Crippen LogP contribution in [0.1, 0.15) is 5.56 Å². The van der Waals surface area contributed by atoms with E-state index in [0.29, 0.717) is 0 Å². The van der Waals surface area contributed by atoms with E-state index in [9.17, 15) is 0 Å². The number of alkyl halides is 3. The van der Waals surface area contributed by atoms with Crippen LogP contribution < -0.4 is 0 Å². The molecule has 1 aromatic rings. The second-order valence-electron chi connectivity index (χ2n) is 1.98. The van der Waals surface area contributed by atoms with Crippen LogP contribution in [0.2, 0.25) is 0 Å². The van der Waals surface area contributed by atoms with Gasteiger partial charge in [-0.1, -0.05) is 34.1 Å². The quantitative estimate of drug-likeness (QED) is 0.354. The average Bonchev–Trinajstić information content (AvgIpc) is 1.86. The summed E-state index contributed by atoms with van der Waals surface area (Å²) in [6.45, 7) is 0. The van der Waals surface area contributed by atoms with Crippen LogP contribution in [0.15, 0.2) is 24.3 Å².